The van der Waals surface area contributed by atoms with Crippen molar-refractivity contribution < 1.29 is 18.0 Å². The van der Waals surface area contributed by atoms with Crippen molar-refractivity contribution in [3.05, 3.63) is 12.2 Å². The van der Waals surface area contributed by atoms with Crippen molar-refractivity contribution in [1.29, 1.82) is 0 Å². The van der Waals surface area contributed by atoms with E-state index in [4.69, 9.17) is 5.73 Å². The van der Waals surface area contributed by atoms with E-state index >= 15 is 0 Å². The molecule has 1 aliphatic rings. The van der Waals surface area contributed by atoms with E-state index in [2.05, 4.69) is 0 Å². The van der Waals surface area contributed by atoms with Gasteiger partial charge in [-0.1, -0.05) is 6.08 Å². The van der Waals surface area contributed by atoms with Crippen LogP contribution in [0.25, 0.3) is 0 Å². The first-order valence-corrected chi connectivity index (χ1v) is 5.10. The van der Waals surface area contributed by atoms with Crippen LogP contribution in [0.5, 0.6) is 0 Å². The summed E-state index contributed by atoms with van der Waals surface area (Å²) >= 11 is 0. The molecule has 6 heteroatoms. The van der Waals surface area contributed by atoms with Crippen molar-refractivity contribution in [2.24, 2.45) is 11.7 Å². The number of amides is 1. The summed E-state index contributed by atoms with van der Waals surface area (Å²) in [6.45, 7) is 1.76. The Morgan fingerprint density at radius 1 is 1.50 bits per heavy atom. The lowest BCUT2D eigenvalue weighted by molar-refractivity contribution is -0.190. The SMILES string of the molecule is C/C=C/C(=O)N1CCC(C(F)(F)F)C(N)C1. The van der Waals surface area contributed by atoms with Gasteiger partial charge in [0.25, 0.3) is 0 Å². The predicted molar refractivity (Wildman–Crippen MR) is 53.5 cm³/mol. The lowest BCUT2D eigenvalue weighted by Gasteiger charge is -2.37. The standard InChI is InChI=1S/C10H15F3N2O/c1-2-3-9(16)15-5-4-7(8(14)6-15)10(11,12)13/h2-3,7-8H,4-6,14H2,1H3/b3-2+. The number of hydrogen-bond acceptors (Lipinski definition) is 2. The van der Waals surface area contributed by atoms with Crippen LogP contribution in [-0.2, 0) is 4.79 Å². The summed E-state index contributed by atoms with van der Waals surface area (Å²) in [5.74, 6) is -1.78. The van der Waals surface area contributed by atoms with Crippen LogP contribution in [0.2, 0.25) is 0 Å². The number of rotatable bonds is 1. The topological polar surface area (TPSA) is 46.3 Å². The highest BCUT2D eigenvalue weighted by molar-refractivity contribution is 5.87. The molecule has 92 valence electrons. The van der Waals surface area contributed by atoms with Crippen LogP contribution >= 0.6 is 0 Å². The van der Waals surface area contributed by atoms with Gasteiger partial charge in [-0.15, -0.1) is 0 Å². The lowest BCUT2D eigenvalue weighted by atomic mass is 9.91. The number of likely N-dealkylation sites (tertiary alicyclic amines) is 1. The Labute approximate surface area is 92.1 Å². The fraction of sp³-hybridized carbons (Fsp3) is 0.700. The summed E-state index contributed by atoms with van der Waals surface area (Å²) in [5.41, 5.74) is 5.45. The van der Waals surface area contributed by atoms with Crippen molar-refractivity contribution >= 4 is 5.91 Å². The minimum Gasteiger partial charge on any atom is -0.338 e. The number of nitrogens with zero attached hydrogens (tertiary/aromatic N) is 1. The quantitative estimate of drug-likeness (QED) is 0.697. The number of allylic oxidation sites excluding steroid dienone is 1. The monoisotopic (exact) mass is 236 g/mol. The maximum absolute atomic E-state index is 12.5. The van der Waals surface area contributed by atoms with E-state index in [-0.39, 0.29) is 25.4 Å². The van der Waals surface area contributed by atoms with Crippen LogP contribution in [0, 0.1) is 5.92 Å². The molecule has 2 N–H and O–H groups in total. The molecule has 0 radical (unpaired) electrons. The minimum absolute atomic E-state index is 0.0344. The average Bonchev–Trinajstić information content (AvgIpc) is 2.16. The Hall–Kier alpha value is -1.04. The predicted octanol–water partition coefficient (Wildman–Crippen LogP) is 1.30. The Kier molecular flexibility index (Phi) is 3.96. The molecule has 0 saturated carbocycles. The molecular formula is C10H15F3N2O. The Bertz CT molecular complexity index is 288. The van der Waals surface area contributed by atoms with E-state index in [1.165, 1.54) is 11.0 Å². The first-order valence-electron chi connectivity index (χ1n) is 5.10. The molecule has 1 rings (SSSR count). The highest BCUT2D eigenvalue weighted by Crippen LogP contribution is 2.33. The fourth-order valence-electron chi connectivity index (χ4n) is 1.84. The molecule has 1 saturated heterocycles. The molecule has 0 aliphatic carbocycles. The highest BCUT2D eigenvalue weighted by atomic mass is 19.4. The van der Waals surface area contributed by atoms with Crippen LogP contribution in [-0.4, -0.2) is 36.1 Å². The molecule has 3 nitrogen and oxygen atoms in total. The summed E-state index contributed by atoms with van der Waals surface area (Å²) in [4.78, 5) is 12.8. The van der Waals surface area contributed by atoms with Crippen molar-refractivity contribution in [3.8, 4) is 0 Å². The second kappa shape index (κ2) is 4.86. The maximum Gasteiger partial charge on any atom is 0.393 e. The van der Waals surface area contributed by atoms with Gasteiger partial charge >= 0.3 is 6.18 Å². The summed E-state index contributed by atoms with van der Waals surface area (Å²) in [7, 11) is 0. The third-order valence-electron chi connectivity index (χ3n) is 2.70. The zero-order valence-electron chi connectivity index (χ0n) is 9.00. The summed E-state index contributed by atoms with van der Waals surface area (Å²) in [6, 6.07) is -1.03. The van der Waals surface area contributed by atoms with Crippen molar-refractivity contribution in [2.45, 2.75) is 25.6 Å². The smallest absolute Gasteiger partial charge is 0.338 e. The molecule has 1 fully saturated rings. The van der Waals surface area contributed by atoms with E-state index in [9.17, 15) is 18.0 Å². The third-order valence-corrected chi connectivity index (χ3v) is 2.70. The Balaban J connectivity index is 2.62. The number of hydrogen-bond donors (Lipinski definition) is 1. The van der Waals surface area contributed by atoms with Gasteiger partial charge in [-0.3, -0.25) is 4.79 Å². The second-order valence-corrected chi connectivity index (χ2v) is 3.88. The van der Waals surface area contributed by atoms with Gasteiger partial charge in [0, 0.05) is 19.1 Å². The van der Waals surface area contributed by atoms with Crippen LogP contribution in [0.1, 0.15) is 13.3 Å². The molecule has 2 unspecified atom stereocenters. The number of carbonyl (C=O) groups excluding carboxylic acids is 1. The molecule has 0 spiro atoms. The van der Waals surface area contributed by atoms with Crippen LogP contribution in [0.4, 0.5) is 13.2 Å². The van der Waals surface area contributed by atoms with Gasteiger partial charge in [-0.2, -0.15) is 13.2 Å². The second-order valence-electron chi connectivity index (χ2n) is 3.88. The van der Waals surface area contributed by atoms with E-state index in [1.807, 2.05) is 0 Å². The molecule has 16 heavy (non-hydrogen) atoms. The minimum atomic E-state index is -4.27. The first-order chi connectivity index (χ1) is 7.36. The van der Waals surface area contributed by atoms with E-state index < -0.39 is 18.1 Å². The molecule has 2 atom stereocenters. The van der Waals surface area contributed by atoms with Gasteiger partial charge in [-0.05, 0) is 19.4 Å². The van der Waals surface area contributed by atoms with Crippen molar-refractivity contribution in [3.63, 3.8) is 0 Å². The van der Waals surface area contributed by atoms with Crippen molar-refractivity contribution in [2.75, 3.05) is 13.1 Å². The number of piperidine rings is 1. The lowest BCUT2D eigenvalue weighted by Crippen LogP contribution is -2.54. The summed E-state index contributed by atoms with van der Waals surface area (Å²) < 4.78 is 37.4. The molecular weight excluding hydrogens is 221 g/mol. The normalized spacial score (nSPS) is 27.4. The highest BCUT2D eigenvalue weighted by Gasteiger charge is 2.46. The maximum atomic E-state index is 12.5. The van der Waals surface area contributed by atoms with Gasteiger partial charge in [0.15, 0.2) is 0 Å². The summed E-state index contributed by atoms with van der Waals surface area (Å²) in [6.07, 6.45) is -1.49. The van der Waals surface area contributed by atoms with Gasteiger partial charge in [-0.25, -0.2) is 0 Å². The Morgan fingerprint density at radius 3 is 2.56 bits per heavy atom. The fourth-order valence-corrected chi connectivity index (χ4v) is 1.84. The molecule has 1 heterocycles. The number of nitrogens with two attached hydrogens (primary N) is 1. The van der Waals surface area contributed by atoms with Crippen LogP contribution in [0.3, 0.4) is 0 Å². The number of carbonyl (C=O) groups is 1. The third kappa shape index (κ3) is 2.98. The average molecular weight is 236 g/mol. The molecule has 1 amide bonds. The number of halogens is 3. The van der Waals surface area contributed by atoms with Gasteiger partial charge < -0.3 is 10.6 Å². The first kappa shape index (κ1) is 13.0. The number of alkyl halides is 3. The van der Waals surface area contributed by atoms with E-state index in [1.54, 1.807) is 13.0 Å². The molecule has 0 bridgehead atoms. The van der Waals surface area contributed by atoms with Crippen LogP contribution < -0.4 is 5.73 Å². The van der Waals surface area contributed by atoms with Gasteiger partial charge in [0.05, 0.1) is 5.92 Å². The van der Waals surface area contributed by atoms with Crippen molar-refractivity contribution in [1.82, 2.24) is 4.90 Å². The largest absolute Gasteiger partial charge is 0.393 e. The summed E-state index contributed by atoms with van der Waals surface area (Å²) in [5, 5.41) is 0. The molecule has 0 aromatic heterocycles. The molecule has 0 aromatic rings. The molecule has 1 aliphatic heterocycles. The van der Waals surface area contributed by atoms with E-state index in [0.717, 1.165) is 0 Å². The molecule has 0 aromatic carbocycles. The zero-order chi connectivity index (χ0) is 12.3. The van der Waals surface area contributed by atoms with Gasteiger partial charge in [0.1, 0.15) is 0 Å². The van der Waals surface area contributed by atoms with Gasteiger partial charge in [0.2, 0.25) is 5.91 Å². The van der Waals surface area contributed by atoms with Crippen LogP contribution in [0.15, 0.2) is 12.2 Å². The Morgan fingerprint density at radius 2 is 2.12 bits per heavy atom. The zero-order valence-corrected chi connectivity index (χ0v) is 9.00. The van der Waals surface area contributed by atoms with E-state index in [0.29, 0.717) is 0 Å².